The normalized spacial score (nSPS) is 10.3. The number of carbonyl (C=O) groups excluding carboxylic acids is 1. The van der Waals surface area contributed by atoms with Gasteiger partial charge in [0.25, 0.3) is 0 Å². The van der Waals surface area contributed by atoms with Crippen LogP contribution in [0.2, 0.25) is 0 Å². The third-order valence-corrected chi connectivity index (χ3v) is 3.73. The van der Waals surface area contributed by atoms with E-state index in [1.54, 1.807) is 12.5 Å². The van der Waals surface area contributed by atoms with Gasteiger partial charge in [-0.2, -0.15) is 0 Å². The Hall–Kier alpha value is -1.88. The number of aromatic nitrogens is 1. The molecule has 1 heterocycles. The van der Waals surface area contributed by atoms with Gasteiger partial charge in [0.1, 0.15) is 11.4 Å². The van der Waals surface area contributed by atoms with E-state index in [-0.39, 0.29) is 5.78 Å². The van der Waals surface area contributed by atoms with Crippen LogP contribution in [0.4, 0.5) is 5.13 Å². The monoisotopic (exact) mass is 276 g/mol. The predicted octanol–water partition coefficient (Wildman–Crippen LogP) is 2.99. The van der Waals surface area contributed by atoms with Crippen molar-refractivity contribution in [1.29, 1.82) is 0 Å². The molecule has 2 aromatic rings. The Morgan fingerprint density at radius 1 is 1.42 bits per heavy atom. The van der Waals surface area contributed by atoms with Crippen molar-refractivity contribution < 1.29 is 9.53 Å². The summed E-state index contributed by atoms with van der Waals surface area (Å²) in [6, 6.07) is 7.88. The van der Waals surface area contributed by atoms with Crippen molar-refractivity contribution in [2.24, 2.45) is 0 Å². The molecule has 0 aliphatic rings. The summed E-state index contributed by atoms with van der Waals surface area (Å²) in [5.41, 5.74) is 1.61. The van der Waals surface area contributed by atoms with Crippen LogP contribution in [0.15, 0.2) is 29.6 Å². The van der Waals surface area contributed by atoms with E-state index in [2.05, 4.69) is 4.98 Å². The van der Waals surface area contributed by atoms with Gasteiger partial charge >= 0.3 is 0 Å². The maximum Gasteiger partial charge on any atom is 0.186 e. The largest absolute Gasteiger partial charge is 0.496 e. The van der Waals surface area contributed by atoms with Crippen LogP contribution in [0.1, 0.15) is 23.0 Å². The molecular weight excluding hydrogens is 260 g/mol. The Balaban J connectivity index is 2.15. The lowest BCUT2D eigenvalue weighted by molar-refractivity contribution is 0.101. The highest BCUT2D eigenvalue weighted by Crippen LogP contribution is 2.24. The number of ether oxygens (including phenoxy) is 1. The first-order valence-corrected chi connectivity index (χ1v) is 6.79. The highest BCUT2D eigenvalue weighted by atomic mass is 32.1. The molecule has 1 aromatic carbocycles. The summed E-state index contributed by atoms with van der Waals surface area (Å²) in [7, 11) is 3.62. The fourth-order valence-corrected chi connectivity index (χ4v) is 2.59. The molecule has 0 saturated carbocycles. The van der Waals surface area contributed by atoms with Crippen LogP contribution in [0.25, 0.3) is 0 Å². The maximum absolute atomic E-state index is 11.2. The van der Waals surface area contributed by atoms with Crippen LogP contribution < -0.4 is 9.64 Å². The van der Waals surface area contributed by atoms with Crippen molar-refractivity contribution in [2.75, 3.05) is 19.1 Å². The van der Waals surface area contributed by atoms with E-state index < -0.39 is 0 Å². The molecular formula is C14H16N2O2S. The molecule has 0 radical (unpaired) electrons. The van der Waals surface area contributed by atoms with E-state index in [1.165, 1.54) is 18.3 Å². The summed E-state index contributed by atoms with van der Waals surface area (Å²) < 4.78 is 5.33. The summed E-state index contributed by atoms with van der Waals surface area (Å²) in [5.74, 6) is 0.853. The van der Waals surface area contributed by atoms with Crippen molar-refractivity contribution in [3.63, 3.8) is 0 Å². The first kappa shape index (κ1) is 13.5. The predicted molar refractivity (Wildman–Crippen MR) is 77.2 cm³/mol. The topological polar surface area (TPSA) is 42.4 Å². The summed E-state index contributed by atoms with van der Waals surface area (Å²) in [5, 5.41) is 2.62. The number of Topliss-reactive ketones (excluding diaryl/α,β-unsaturated/α-hetero) is 1. The summed E-state index contributed by atoms with van der Waals surface area (Å²) in [6.07, 6.45) is 0. The van der Waals surface area contributed by atoms with E-state index >= 15 is 0 Å². The number of hydrogen-bond acceptors (Lipinski definition) is 5. The molecule has 0 bridgehead atoms. The zero-order valence-corrected chi connectivity index (χ0v) is 12.0. The number of ketones is 1. The molecule has 1 aromatic heterocycles. The van der Waals surface area contributed by atoms with Crippen LogP contribution in [0, 0.1) is 0 Å². The fourth-order valence-electron chi connectivity index (χ4n) is 1.76. The number of para-hydroxylation sites is 1. The fraction of sp³-hybridized carbons (Fsp3) is 0.286. The van der Waals surface area contributed by atoms with E-state index in [4.69, 9.17) is 4.74 Å². The van der Waals surface area contributed by atoms with Gasteiger partial charge in [-0.1, -0.05) is 18.2 Å². The lowest BCUT2D eigenvalue weighted by atomic mass is 10.2. The molecule has 0 aliphatic carbocycles. The molecule has 0 saturated heterocycles. The highest BCUT2D eigenvalue weighted by Gasteiger charge is 2.11. The van der Waals surface area contributed by atoms with Crippen molar-refractivity contribution in [3.05, 3.63) is 40.9 Å². The Kier molecular flexibility index (Phi) is 4.16. The lowest BCUT2D eigenvalue weighted by Crippen LogP contribution is -2.16. The average molecular weight is 276 g/mol. The van der Waals surface area contributed by atoms with Gasteiger partial charge in [-0.3, -0.25) is 4.79 Å². The number of thiazole rings is 1. The number of benzene rings is 1. The molecule has 4 nitrogen and oxygen atoms in total. The van der Waals surface area contributed by atoms with Gasteiger partial charge < -0.3 is 9.64 Å². The Labute approximate surface area is 116 Å². The molecule has 0 aliphatic heterocycles. The van der Waals surface area contributed by atoms with E-state index in [0.717, 1.165) is 16.4 Å². The molecule has 0 spiro atoms. The summed E-state index contributed by atoms with van der Waals surface area (Å²) >= 11 is 1.47. The van der Waals surface area contributed by atoms with Crippen LogP contribution in [-0.2, 0) is 6.54 Å². The molecule has 0 amide bonds. The van der Waals surface area contributed by atoms with Gasteiger partial charge in [0, 0.05) is 31.5 Å². The van der Waals surface area contributed by atoms with Gasteiger partial charge in [-0.05, 0) is 6.07 Å². The molecule has 0 atom stereocenters. The number of methoxy groups -OCH3 is 1. The summed E-state index contributed by atoms with van der Waals surface area (Å²) in [6.45, 7) is 2.22. The quantitative estimate of drug-likeness (QED) is 0.787. The van der Waals surface area contributed by atoms with Gasteiger partial charge in [-0.15, -0.1) is 11.3 Å². The zero-order valence-electron chi connectivity index (χ0n) is 11.2. The van der Waals surface area contributed by atoms with E-state index in [1.807, 2.05) is 36.2 Å². The van der Waals surface area contributed by atoms with E-state index in [9.17, 15) is 4.79 Å². The third-order valence-electron chi connectivity index (χ3n) is 2.78. The lowest BCUT2D eigenvalue weighted by Gasteiger charge is -2.17. The minimum absolute atomic E-state index is 0.00630. The smallest absolute Gasteiger partial charge is 0.186 e. The minimum atomic E-state index is -0.00630. The highest BCUT2D eigenvalue weighted by molar-refractivity contribution is 7.13. The first-order valence-electron chi connectivity index (χ1n) is 5.91. The second-order valence-electron chi connectivity index (χ2n) is 4.24. The van der Waals surface area contributed by atoms with Crippen LogP contribution in [0.3, 0.4) is 0 Å². The van der Waals surface area contributed by atoms with Gasteiger partial charge in [0.15, 0.2) is 10.9 Å². The Morgan fingerprint density at radius 2 is 2.16 bits per heavy atom. The molecule has 19 heavy (non-hydrogen) atoms. The van der Waals surface area contributed by atoms with Crippen molar-refractivity contribution >= 4 is 22.3 Å². The number of rotatable bonds is 5. The molecule has 0 unspecified atom stereocenters. The zero-order chi connectivity index (χ0) is 13.8. The van der Waals surface area contributed by atoms with E-state index in [0.29, 0.717) is 12.2 Å². The van der Waals surface area contributed by atoms with Crippen molar-refractivity contribution in [3.8, 4) is 5.75 Å². The first-order chi connectivity index (χ1) is 9.11. The average Bonchev–Trinajstić information content (AvgIpc) is 2.89. The maximum atomic E-state index is 11.2. The van der Waals surface area contributed by atoms with Crippen LogP contribution >= 0.6 is 11.3 Å². The summed E-state index contributed by atoms with van der Waals surface area (Å²) in [4.78, 5) is 17.6. The second kappa shape index (κ2) is 5.84. The Bertz CT molecular complexity index is 580. The second-order valence-corrected chi connectivity index (χ2v) is 5.08. The van der Waals surface area contributed by atoms with Crippen LogP contribution in [-0.4, -0.2) is 24.9 Å². The SMILES string of the molecule is COc1ccccc1CN(C)c1nc(C(C)=O)cs1. The third kappa shape index (κ3) is 3.12. The Morgan fingerprint density at radius 3 is 2.79 bits per heavy atom. The standard InChI is InChI=1S/C14H16N2O2S/c1-10(17)12-9-19-14(15-12)16(2)8-11-6-4-5-7-13(11)18-3/h4-7,9H,8H2,1-3H3. The molecule has 100 valence electrons. The number of hydrogen-bond donors (Lipinski definition) is 0. The van der Waals surface area contributed by atoms with Crippen LogP contribution in [0.5, 0.6) is 5.75 Å². The molecule has 0 fully saturated rings. The minimum Gasteiger partial charge on any atom is -0.496 e. The molecule has 5 heteroatoms. The number of carbonyl (C=O) groups is 1. The van der Waals surface area contributed by atoms with Gasteiger partial charge in [-0.25, -0.2) is 4.98 Å². The van der Waals surface area contributed by atoms with Gasteiger partial charge in [0.2, 0.25) is 0 Å². The molecule has 2 rings (SSSR count). The molecule has 0 N–H and O–H groups in total. The van der Waals surface area contributed by atoms with Gasteiger partial charge in [0.05, 0.1) is 7.11 Å². The van der Waals surface area contributed by atoms with Crippen molar-refractivity contribution in [2.45, 2.75) is 13.5 Å². The van der Waals surface area contributed by atoms with Crippen molar-refractivity contribution in [1.82, 2.24) is 4.98 Å². The number of nitrogens with zero attached hydrogens (tertiary/aromatic N) is 2. The number of anilines is 1.